The third kappa shape index (κ3) is 5.64. The largest absolute Gasteiger partial charge is 0.386 e. The monoisotopic (exact) mass is 154 g/mol. The van der Waals surface area contributed by atoms with Crippen LogP contribution in [0.3, 0.4) is 0 Å². The average Bonchev–Trinajstić information content (AvgIpc) is 1.85. The molecule has 0 atom stereocenters. The summed E-state index contributed by atoms with van der Waals surface area (Å²) in [6.07, 6.45) is 2.04. The SMILES string of the molecule is CN=C(C)/C=C(\C)NC(C)C. The van der Waals surface area contributed by atoms with Crippen LogP contribution in [-0.4, -0.2) is 18.8 Å². The van der Waals surface area contributed by atoms with Crippen LogP contribution in [0.5, 0.6) is 0 Å². The Morgan fingerprint density at radius 1 is 1.36 bits per heavy atom. The summed E-state index contributed by atoms with van der Waals surface area (Å²) in [7, 11) is 1.80. The van der Waals surface area contributed by atoms with Crippen LogP contribution in [0.1, 0.15) is 27.7 Å². The van der Waals surface area contributed by atoms with E-state index >= 15 is 0 Å². The van der Waals surface area contributed by atoms with Crippen LogP contribution in [0.4, 0.5) is 0 Å². The summed E-state index contributed by atoms with van der Waals surface area (Å²) in [4.78, 5) is 4.04. The van der Waals surface area contributed by atoms with Crippen LogP contribution < -0.4 is 5.32 Å². The first-order valence-electron chi connectivity index (χ1n) is 3.94. The van der Waals surface area contributed by atoms with Crippen LogP contribution in [0.25, 0.3) is 0 Å². The standard InChI is InChI=1S/C9H18N2/c1-7(2)11-9(4)6-8(3)10-5/h6-7,11H,1-5H3/b9-6+,10-8?. The van der Waals surface area contributed by atoms with Gasteiger partial charge in [0.05, 0.1) is 0 Å². The molecule has 0 aliphatic heterocycles. The number of nitrogens with zero attached hydrogens (tertiary/aromatic N) is 1. The highest BCUT2D eigenvalue weighted by molar-refractivity contribution is 5.93. The van der Waals surface area contributed by atoms with Crippen LogP contribution in [0, 0.1) is 0 Å². The molecule has 2 heteroatoms. The third-order valence-electron chi connectivity index (χ3n) is 1.29. The molecule has 0 aliphatic carbocycles. The first kappa shape index (κ1) is 10.2. The zero-order chi connectivity index (χ0) is 8.85. The Morgan fingerprint density at radius 2 is 1.91 bits per heavy atom. The highest BCUT2D eigenvalue weighted by Gasteiger charge is 1.92. The molecule has 0 rings (SSSR count). The van der Waals surface area contributed by atoms with Crippen molar-refractivity contribution in [2.45, 2.75) is 33.7 Å². The molecule has 0 unspecified atom stereocenters. The van der Waals surface area contributed by atoms with Crippen LogP contribution in [-0.2, 0) is 0 Å². The van der Waals surface area contributed by atoms with Gasteiger partial charge < -0.3 is 5.32 Å². The fourth-order valence-electron chi connectivity index (χ4n) is 0.875. The van der Waals surface area contributed by atoms with Crippen molar-refractivity contribution in [1.29, 1.82) is 0 Å². The summed E-state index contributed by atoms with van der Waals surface area (Å²) in [6, 6.07) is 0.496. The van der Waals surface area contributed by atoms with Crippen molar-refractivity contribution in [2.75, 3.05) is 7.05 Å². The molecule has 0 fully saturated rings. The van der Waals surface area contributed by atoms with Gasteiger partial charge in [0, 0.05) is 24.5 Å². The molecular weight excluding hydrogens is 136 g/mol. The molecule has 0 heterocycles. The highest BCUT2D eigenvalue weighted by atomic mass is 14.9. The number of hydrogen-bond acceptors (Lipinski definition) is 2. The van der Waals surface area contributed by atoms with E-state index in [0.717, 1.165) is 5.71 Å². The topological polar surface area (TPSA) is 24.4 Å². The predicted molar refractivity (Wildman–Crippen MR) is 51.1 cm³/mol. The molecule has 64 valence electrons. The van der Waals surface area contributed by atoms with Crippen molar-refractivity contribution in [2.24, 2.45) is 4.99 Å². The van der Waals surface area contributed by atoms with E-state index in [1.54, 1.807) is 7.05 Å². The molecular formula is C9H18N2. The zero-order valence-electron chi connectivity index (χ0n) is 8.10. The van der Waals surface area contributed by atoms with Crippen molar-refractivity contribution in [1.82, 2.24) is 5.32 Å². The lowest BCUT2D eigenvalue weighted by atomic mass is 10.3. The summed E-state index contributed by atoms with van der Waals surface area (Å²) < 4.78 is 0. The van der Waals surface area contributed by atoms with Gasteiger partial charge in [0.2, 0.25) is 0 Å². The molecule has 0 saturated carbocycles. The summed E-state index contributed by atoms with van der Waals surface area (Å²) >= 11 is 0. The number of rotatable bonds is 3. The summed E-state index contributed by atoms with van der Waals surface area (Å²) in [6.45, 7) is 8.28. The zero-order valence-corrected chi connectivity index (χ0v) is 8.10. The number of aliphatic imine (C=N–C) groups is 1. The molecule has 0 amide bonds. The first-order chi connectivity index (χ1) is 5.06. The smallest absolute Gasteiger partial charge is 0.0330 e. The Hall–Kier alpha value is -0.790. The van der Waals surface area contributed by atoms with Gasteiger partial charge in [0.15, 0.2) is 0 Å². The van der Waals surface area contributed by atoms with Crippen molar-refractivity contribution in [3.8, 4) is 0 Å². The molecule has 2 nitrogen and oxygen atoms in total. The lowest BCUT2D eigenvalue weighted by molar-refractivity contribution is 0.670. The van der Waals surface area contributed by atoms with Gasteiger partial charge in [-0.3, -0.25) is 4.99 Å². The van der Waals surface area contributed by atoms with Crippen LogP contribution in [0.2, 0.25) is 0 Å². The van der Waals surface area contributed by atoms with Gasteiger partial charge >= 0.3 is 0 Å². The first-order valence-corrected chi connectivity index (χ1v) is 3.94. The Kier molecular flexibility index (Phi) is 4.59. The van der Waals surface area contributed by atoms with Gasteiger partial charge in [-0.2, -0.15) is 0 Å². The van der Waals surface area contributed by atoms with Crippen LogP contribution >= 0.6 is 0 Å². The fraction of sp³-hybridized carbons (Fsp3) is 0.667. The minimum absolute atomic E-state index is 0.496. The van der Waals surface area contributed by atoms with Crippen molar-refractivity contribution < 1.29 is 0 Å². The molecule has 0 spiro atoms. The van der Waals surface area contributed by atoms with Gasteiger partial charge in [-0.15, -0.1) is 0 Å². The molecule has 0 saturated heterocycles. The Labute approximate surface area is 69.4 Å². The lowest BCUT2D eigenvalue weighted by Crippen LogP contribution is -2.20. The second-order valence-corrected chi connectivity index (χ2v) is 2.99. The van der Waals surface area contributed by atoms with Gasteiger partial charge in [-0.25, -0.2) is 0 Å². The maximum absolute atomic E-state index is 4.04. The second kappa shape index (κ2) is 4.94. The Bertz CT molecular complexity index is 166. The molecule has 0 radical (unpaired) electrons. The Morgan fingerprint density at radius 3 is 2.27 bits per heavy atom. The number of hydrogen-bond donors (Lipinski definition) is 1. The molecule has 0 aliphatic rings. The summed E-state index contributed by atoms with van der Waals surface area (Å²) in [5, 5.41) is 3.29. The maximum Gasteiger partial charge on any atom is 0.0330 e. The van der Waals surface area contributed by atoms with Gasteiger partial charge in [0.25, 0.3) is 0 Å². The van der Waals surface area contributed by atoms with E-state index in [1.807, 2.05) is 13.0 Å². The summed E-state index contributed by atoms with van der Waals surface area (Å²) in [5.74, 6) is 0. The molecule has 0 aromatic carbocycles. The van der Waals surface area contributed by atoms with E-state index in [2.05, 4.69) is 31.1 Å². The van der Waals surface area contributed by atoms with Crippen molar-refractivity contribution in [3.05, 3.63) is 11.8 Å². The number of nitrogens with one attached hydrogen (secondary N) is 1. The minimum atomic E-state index is 0.496. The quantitative estimate of drug-likeness (QED) is 0.618. The van der Waals surface area contributed by atoms with E-state index in [0.29, 0.717) is 6.04 Å². The van der Waals surface area contributed by atoms with E-state index in [9.17, 15) is 0 Å². The van der Waals surface area contributed by atoms with E-state index in [-0.39, 0.29) is 0 Å². The van der Waals surface area contributed by atoms with E-state index < -0.39 is 0 Å². The van der Waals surface area contributed by atoms with Gasteiger partial charge in [-0.05, 0) is 33.8 Å². The third-order valence-corrected chi connectivity index (χ3v) is 1.29. The second-order valence-electron chi connectivity index (χ2n) is 2.99. The molecule has 1 N–H and O–H groups in total. The number of allylic oxidation sites excluding steroid dienone is 2. The lowest BCUT2D eigenvalue weighted by Gasteiger charge is -2.09. The van der Waals surface area contributed by atoms with Crippen molar-refractivity contribution in [3.63, 3.8) is 0 Å². The molecule has 0 aromatic heterocycles. The molecule has 0 aromatic rings. The van der Waals surface area contributed by atoms with Crippen molar-refractivity contribution >= 4 is 5.71 Å². The minimum Gasteiger partial charge on any atom is -0.386 e. The molecule has 0 bridgehead atoms. The predicted octanol–water partition coefficient (Wildman–Crippen LogP) is 1.98. The highest BCUT2D eigenvalue weighted by Crippen LogP contribution is 1.91. The van der Waals surface area contributed by atoms with Gasteiger partial charge in [0.1, 0.15) is 0 Å². The van der Waals surface area contributed by atoms with Crippen LogP contribution in [0.15, 0.2) is 16.8 Å². The average molecular weight is 154 g/mol. The molecule has 11 heavy (non-hydrogen) atoms. The normalized spacial score (nSPS) is 14.0. The fourth-order valence-corrected chi connectivity index (χ4v) is 0.875. The summed E-state index contributed by atoms with van der Waals surface area (Å²) in [5.41, 5.74) is 2.22. The van der Waals surface area contributed by atoms with E-state index in [1.165, 1.54) is 5.70 Å². The Balaban J connectivity index is 4.01. The van der Waals surface area contributed by atoms with E-state index in [4.69, 9.17) is 0 Å². The van der Waals surface area contributed by atoms with Gasteiger partial charge in [-0.1, -0.05) is 0 Å². The maximum atomic E-state index is 4.04.